The molecule has 1 aliphatic rings. The van der Waals surface area contributed by atoms with Crippen LogP contribution in [-0.4, -0.2) is 13.2 Å². The van der Waals surface area contributed by atoms with Gasteiger partial charge in [-0.2, -0.15) is 8.78 Å². The summed E-state index contributed by atoms with van der Waals surface area (Å²) in [6.07, 6.45) is 16.3. The molecule has 28 heavy (non-hydrogen) atoms. The summed E-state index contributed by atoms with van der Waals surface area (Å²) in [5.41, 5.74) is 0. The van der Waals surface area contributed by atoms with E-state index >= 15 is 0 Å². The molecule has 0 heterocycles. The van der Waals surface area contributed by atoms with Crippen LogP contribution in [0, 0.1) is 23.5 Å². The second-order valence-electron chi connectivity index (χ2n) is 7.91. The van der Waals surface area contributed by atoms with Crippen molar-refractivity contribution in [2.45, 2.75) is 78.1 Å². The average Bonchev–Trinajstić information content (AvgIpc) is 2.72. The van der Waals surface area contributed by atoms with E-state index in [1.807, 2.05) is 6.92 Å². The van der Waals surface area contributed by atoms with E-state index in [4.69, 9.17) is 9.47 Å². The predicted octanol–water partition coefficient (Wildman–Crippen LogP) is 7.47. The van der Waals surface area contributed by atoms with Gasteiger partial charge in [-0.1, -0.05) is 45.3 Å². The smallest absolute Gasteiger partial charge is 0.204 e. The summed E-state index contributed by atoms with van der Waals surface area (Å²) < 4.78 is 39.0. The minimum Gasteiger partial charge on any atom is -0.490 e. The number of unbranched alkanes of at least 4 members (excludes halogenated alkanes) is 4. The molecule has 0 aliphatic heterocycles. The number of benzene rings is 1. The molecule has 0 spiro atoms. The summed E-state index contributed by atoms with van der Waals surface area (Å²) in [4.78, 5) is 0. The Labute approximate surface area is 169 Å². The fourth-order valence-corrected chi connectivity index (χ4v) is 3.68. The van der Waals surface area contributed by atoms with Gasteiger partial charge >= 0.3 is 0 Å². The molecule has 0 aromatic heterocycles. The maximum Gasteiger partial charge on any atom is 0.204 e. The van der Waals surface area contributed by atoms with Crippen LogP contribution in [0.5, 0.6) is 11.5 Å². The van der Waals surface area contributed by atoms with Gasteiger partial charge in [0.1, 0.15) is 0 Å². The topological polar surface area (TPSA) is 18.5 Å². The summed E-state index contributed by atoms with van der Waals surface area (Å²) in [5, 5.41) is 0. The Kier molecular flexibility index (Phi) is 10.4. The third-order valence-corrected chi connectivity index (χ3v) is 5.47. The molecule has 1 saturated carbocycles. The van der Waals surface area contributed by atoms with Gasteiger partial charge in [0.05, 0.1) is 13.2 Å². The van der Waals surface area contributed by atoms with E-state index in [1.165, 1.54) is 44.2 Å². The van der Waals surface area contributed by atoms with Crippen LogP contribution in [0.1, 0.15) is 78.1 Å². The zero-order valence-corrected chi connectivity index (χ0v) is 17.5. The number of hydrogen-bond acceptors (Lipinski definition) is 2. The van der Waals surface area contributed by atoms with Crippen LogP contribution in [0.4, 0.5) is 8.78 Å². The minimum absolute atomic E-state index is 0.0181. The van der Waals surface area contributed by atoms with E-state index in [0.29, 0.717) is 25.0 Å². The summed E-state index contributed by atoms with van der Waals surface area (Å²) >= 11 is 0. The van der Waals surface area contributed by atoms with E-state index in [9.17, 15) is 8.78 Å². The number of ether oxygens (including phenoxy) is 2. The molecule has 0 saturated heterocycles. The third-order valence-electron chi connectivity index (χ3n) is 5.47. The predicted molar refractivity (Wildman–Crippen MR) is 111 cm³/mol. The third kappa shape index (κ3) is 7.44. The first-order valence-corrected chi connectivity index (χ1v) is 11.1. The van der Waals surface area contributed by atoms with E-state index < -0.39 is 11.6 Å². The molecule has 0 N–H and O–H groups in total. The summed E-state index contributed by atoms with van der Waals surface area (Å²) in [5.74, 6) is -0.907. The van der Waals surface area contributed by atoms with Crippen LogP contribution in [-0.2, 0) is 0 Å². The van der Waals surface area contributed by atoms with Gasteiger partial charge < -0.3 is 9.47 Å². The van der Waals surface area contributed by atoms with Crippen molar-refractivity contribution >= 4 is 0 Å². The van der Waals surface area contributed by atoms with Crippen molar-refractivity contribution in [3.05, 3.63) is 35.9 Å². The molecular formula is C24H36F2O2. The lowest BCUT2D eigenvalue weighted by Crippen LogP contribution is -2.19. The molecule has 0 atom stereocenters. The molecule has 1 aliphatic carbocycles. The first-order valence-electron chi connectivity index (χ1n) is 11.1. The lowest BCUT2D eigenvalue weighted by atomic mass is 9.82. The van der Waals surface area contributed by atoms with Gasteiger partial charge in [-0.3, -0.25) is 0 Å². The van der Waals surface area contributed by atoms with Gasteiger partial charge in [0.15, 0.2) is 11.5 Å². The zero-order chi connectivity index (χ0) is 20.2. The summed E-state index contributed by atoms with van der Waals surface area (Å²) in [7, 11) is 0. The molecule has 1 aromatic rings. The van der Waals surface area contributed by atoms with Gasteiger partial charge in [-0.15, -0.1) is 0 Å². The molecular weight excluding hydrogens is 358 g/mol. The summed E-state index contributed by atoms with van der Waals surface area (Å²) in [6, 6.07) is 2.92. The monoisotopic (exact) mass is 394 g/mol. The first-order chi connectivity index (χ1) is 13.7. The highest BCUT2D eigenvalue weighted by molar-refractivity contribution is 5.35. The Morgan fingerprint density at radius 1 is 0.893 bits per heavy atom. The number of allylic oxidation sites excluding steroid dienone is 2. The fourth-order valence-electron chi connectivity index (χ4n) is 3.68. The largest absolute Gasteiger partial charge is 0.490 e. The maximum absolute atomic E-state index is 14.2. The second-order valence-corrected chi connectivity index (χ2v) is 7.91. The molecule has 0 radical (unpaired) electrons. The quantitative estimate of drug-likeness (QED) is 0.270. The zero-order valence-electron chi connectivity index (χ0n) is 17.5. The SMILES string of the molecule is CCCCCC/C=C/C1CCC(COc2ccc(OCCC)c(F)c2F)CC1. The van der Waals surface area contributed by atoms with Crippen molar-refractivity contribution in [3.8, 4) is 11.5 Å². The van der Waals surface area contributed by atoms with Crippen LogP contribution in [0.15, 0.2) is 24.3 Å². The Morgan fingerprint density at radius 3 is 2.21 bits per heavy atom. The Bertz CT molecular complexity index is 593. The highest BCUT2D eigenvalue weighted by Crippen LogP contribution is 2.32. The molecule has 0 amide bonds. The molecule has 158 valence electrons. The van der Waals surface area contributed by atoms with Gasteiger partial charge in [0.2, 0.25) is 11.6 Å². The first kappa shape index (κ1) is 22.7. The minimum atomic E-state index is -0.960. The van der Waals surface area contributed by atoms with Crippen LogP contribution < -0.4 is 9.47 Å². The van der Waals surface area contributed by atoms with Crippen LogP contribution in [0.3, 0.4) is 0 Å². The van der Waals surface area contributed by atoms with Crippen LogP contribution in [0.2, 0.25) is 0 Å². The van der Waals surface area contributed by atoms with E-state index in [0.717, 1.165) is 32.1 Å². The lowest BCUT2D eigenvalue weighted by molar-refractivity contribution is 0.187. The van der Waals surface area contributed by atoms with Crippen molar-refractivity contribution in [3.63, 3.8) is 0 Å². The fraction of sp³-hybridized carbons (Fsp3) is 0.667. The Balaban J connectivity index is 1.71. The number of hydrogen-bond donors (Lipinski definition) is 0. The van der Waals surface area contributed by atoms with E-state index in [-0.39, 0.29) is 11.5 Å². The van der Waals surface area contributed by atoms with Crippen molar-refractivity contribution in [2.24, 2.45) is 11.8 Å². The molecule has 2 nitrogen and oxygen atoms in total. The molecule has 1 aromatic carbocycles. The molecule has 0 unspecified atom stereocenters. The highest BCUT2D eigenvalue weighted by Gasteiger charge is 2.21. The lowest BCUT2D eigenvalue weighted by Gasteiger charge is -2.26. The highest BCUT2D eigenvalue weighted by atomic mass is 19.2. The molecule has 0 bridgehead atoms. The van der Waals surface area contributed by atoms with Gasteiger partial charge in [-0.25, -0.2) is 0 Å². The maximum atomic E-state index is 14.2. The summed E-state index contributed by atoms with van der Waals surface area (Å²) in [6.45, 7) is 4.97. The van der Waals surface area contributed by atoms with Crippen molar-refractivity contribution in [2.75, 3.05) is 13.2 Å². The average molecular weight is 395 g/mol. The number of halogens is 2. The van der Waals surface area contributed by atoms with E-state index in [2.05, 4.69) is 19.1 Å². The Morgan fingerprint density at radius 2 is 1.57 bits per heavy atom. The number of rotatable bonds is 12. The van der Waals surface area contributed by atoms with Gasteiger partial charge in [-0.05, 0) is 68.9 Å². The van der Waals surface area contributed by atoms with Crippen molar-refractivity contribution < 1.29 is 18.3 Å². The van der Waals surface area contributed by atoms with Gasteiger partial charge in [0.25, 0.3) is 0 Å². The Hall–Kier alpha value is -1.58. The van der Waals surface area contributed by atoms with E-state index in [1.54, 1.807) is 0 Å². The molecule has 2 rings (SSSR count). The van der Waals surface area contributed by atoms with Crippen LogP contribution >= 0.6 is 0 Å². The molecule has 1 fully saturated rings. The second kappa shape index (κ2) is 12.8. The molecule has 4 heteroatoms. The standard InChI is InChI=1S/C24H36F2O2/c1-3-5-6-7-8-9-10-19-11-13-20(14-12-19)18-28-22-16-15-21(27-17-4-2)23(25)24(22)26/h9-10,15-16,19-20H,3-8,11-14,17-18H2,1-2H3/b10-9+. The van der Waals surface area contributed by atoms with Crippen LogP contribution in [0.25, 0.3) is 0 Å². The van der Waals surface area contributed by atoms with Crippen molar-refractivity contribution in [1.29, 1.82) is 0 Å². The van der Waals surface area contributed by atoms with Gasteiger partial charge in [0, 0.05) is 0 Å². The van der Waals surface area contributed by atoms with Crippen molar-refractivity contribution in [1.82, 2.24) is 0 Å². The normalized spacial score (nSPS) is 19.9.